The minimum Gasteiger partial charge on any atom is -0.481 e. The van der Waals surface area contributed by atoms with Crippen molar-refractivity contribution in [2.24, 2.45) is 17.8 Å². The molecule has 3 rings (SSSR count). The first kappa shape index (κ1) is 38.1. The molecule has 1 aromatic carbocycles. The average molecular weight is 672 g/mol. The van der Waals surface area contributed by atoms with Crippen LogP contribution in [0.25, 0.3) is 0 Å². The number of carboxylic acid groups (broad SMARTS) is 1. The van der Waals surface area contributed by atoms with E-state index in [-0.39, 0.29) is 54.3 Å². The van der Waals surface area contributed by atoms with E-state index in [4.69, 9.17) is 0 Å². The summed E-state index contributed by atoms with van der Waals surface area (Å²) in [4.78, 5) is 59.9. The molecule has 12 heteroatoms. The number of amides is 3. The van der Waals surface area contributed by atoms with Gasteiger partial charge >= 0.3 is 5.97 Å². The number of likely N-dealkylation sites (tertiary alicyclic amines) is 1. The molecule has 0 aliphatic carbocycles. The number of aliphatic hydroxyl groups is 1. The second kappa shape index (κ2) is 17.7. The van der Waals surface area contributed by atoms with Gasteiger partial charge in [-0.1, -0.05) is 71.4 Å². The predicted octanol–water partition coefficient (Wildman–Crippen LogP) is 4.13. The van der Waals surface area contributed by atoms with Gasteiger partial charge in [-0.3, -0.25) is 24.1 Å². The summed E-state index contributed by atoms with van der Waals surface area (Å²) in [6.07, 6.45) is 2.69. The third kappa shape index (κ3) is 10.8. The molecule has 47 heavy (non-hydrogen) atoms. The van der Waals surface area contributed by atoms with Gasteiger partial charge in [-0.2, -0.15) is 0 Å². The Morgan fingerprint density at radius 1 is 1.02 bits per heavy atom. The molecule has 1 aliphatic heterocycles. The number of hydrogen-bond donors (Lipinski definition) is 4. The summed E-state index contributed by atoms with van der Waals surface area (Å²) < 4.78 is 0. The number of aromatic nitrogens is 1. The van der Waals surface area contributed by atoms with E-state index in [1.54, 1.807) is 24.3 Å². The topological polar surface area (TPSA) is 152 Å². The summed E-state index contributed by atoms with van der Waals surface area (Å²) in [7, 11) is 3.65. The number of carbonyl (C=O) groups excluding carboxylic acids is 3. The molecule has 11 nitrogen and oxygen atoms in total. The largest absolute Gasteiger partial charge is 0.481 e. The van der Waals surface area contributed by atoms with E-state index in [1.807, 2.05) is 70.0 Å². The van der Waals surface area contributed by atoms with Gasteiger partial charge in [0.25, 0.3) is 5.91 Å². The van der Waals surface area contributed by atoms with Crippen LogP contribution >= 0.6 is 11.3 Å². The summed E-state index contributed by atoms with van der Waals surface area (Å²) >= 11 is 1.16. The molecule has 1 aliphatic rings. The van der Waals surface area contributed by atoms with Gasteiger partial charge in [0, 0.05) is 30.9 Å². The molecule has 4 N–H and O–H groups in total. The molecule has 1 fully saturated rings. The fourth-order valence-corrected chi connectivity index (χ4v) is 6.98. The maximum atomic E-state index is 13.8. The quantitative estimate of drug-likeness (QED) is 0.208. The number of hydrogen-bond acceptors (Lipinski definition) is 8. The maximum absolute atomic E-state index is 13.8. The number of nitrogens with one attached hydrogen (secondary N) is 2. The number of likely N-dealkylation sites (N-methyl/N-ethyl adjacent to an activating group) is 2. The Bertz CT molecular complexity index is 1330. The van der Waals surface area contributed by atoms with Crippen LogP contribution in [0.5, 0.6) is 0 Å². The summed E-state index contributed by atoms with van der Waals surface area (Å²) in [5.74, 6) is -2.51. The van der Waals surface area contributed by atoms with Crippen LogP contribution in [0.1, 0.15) is 93.9 Å². The van der Waals surface area contributed by atoms with Gasteiger partial charge in [0.1, 0.15) is 22.8 Å². The van der Waals surface area contributed by atoms with E-state index < -0.39 is 36.0 Å². The van der Waals surface area contributed by atoms with Crippen molar-refractivity contribution in [1.82, 2.24) is 25.4 Å². The number of carboxylic acids is 1. The third-order valence-electron chi connectivity index (χ3n) is 9.14. The fourth-order valence-electron chi connectivity index (χ4n) is 6.18. The lowest BCUT2D eigenvalue weighted by atomic mass is 9.94. The predicted molar refractivity (Wildman–Crippen MR) is 183 cm³/mol. The highest BCUT2D eigenvalue weighted by molar-refractivity contribution is 7.09. The molecule has 0 unspecified atom stereocenters. The number of carbonyl (C=O) groups is 4. The highest BCUT2D eigenvalue weighted by Crippen LogP contribution is 2.28. The Hall–Kier alpha value is -3.35. The van der Waals surface area contributed by atoms with E-state index in [9.17, 15) is 29.4 Å². The third-order valence-corrected chi connectivity index (χ3v) is 10.1. The Kier molecular flexibility index (Phi) is 14.4. The van der Waals surface area contributed by atoms with Crippen molar-refractivity contribution in [3.8, 4) is 0 Å². The number of thiazole rings is 1. The lowest BCUT2D eigenvalue weighted by molar-refractivity contribution is -0.141. The van der Waals surface area contributed by atoms with Crippen LogP contribution in [0.4, 0.5) is 0 Å². The van der Waals surface area contributed by atoms with E-state index in [0.717, 1.165) is 42.7 Å². The first-order chi connectivity index (χ1) is 22.2. The second-order valence-corrected chi connectivity index (χ2v) is 14.5. The van der Waals surface area contributed by atoms with Crippen LogP contribution in [0.2, 0.25) is 0 Å². The molecular weight excluding hydrogens is 618 g/mol. The van der Waals surface area contributed by atoms with E-state index in [2.05, 4.69) is 15.6 Å². The fraction of sp³-hybridized carbons (Fsp3) is 0.629. The van der Waals surface area contributed by atoms with E-state index in [0.29, 0.717) is 11.4 Å². The van der Waals surface area contributed by atoms with Crippen LogP contribution in [0.3, 0.4) is 0 Å². The number of piperidine rings is 1. The highest BCUT2D eigenvalue weighted by atomic mass is 32.1. The zero-order valence-electron chi connectivity index (χ0n) is 28.8. The van der Waals surface area contributed by atoms with Crippen molar-refractivity contribution in [2.45, 2.75) is 103 Å². The van der Waals surface area contributed by atoms with Crippen LogP contribution in [0, 0.1) is 17.8 Å². The Labute approximate surface area is 283 Å². The van der Waals surface area contributed by atoms with Gasteiger partial charge < -0.3 is 25.7 Å². The van der Waals surface area contributed by atoms with E-state index in [1.165, 1.54) is 0 Å². The van der Waals surface area contributed by atoms with Crippen LogP contribution in [0.15, 0.2) is 35.7 Å². The maximum Gasteiger partial charge on any atom is 0.306 e. The van der Waals surface area contributed by atoms with Crippen molar-refractivity contribution >= 4 is 35.0 Å². The zero-order chi connectivity index (χ0) is 34.8. The second-order valence-electron chi connectivity index (χ2n) is 13.6. The summed E-state index contributed by atoms with van der Waals surface area (Å²) in [6.45, 7) is 10.2. The number of nitrogens with zero attached hydrogens (tertiary/aromatic N) is 3. The molecule has 1 aromatic heterocycles. The van der Waals surface area contributed by atoms with Gasteiger partial charge in [-0.15, -0.1) is 11.3 Å². The minimum absolute atomic E-state index is 0.00991. The molecule has 6 atom stereocenters. The standard InChI is InChI=1S/C35H53N5O6S/c1-21(2)28(40(7)34(44)30(22(3)4)38-32(43)27-15-11-12-16-39(27)6)19-29(41)33-37-26(20-47-33)31(42)36-25(17-23(5)35(45)46)18-24-13-9-8-10-14-24/h8-10,13-14,20-23,25,27-30,41H,11-12,15-19H2,1-7H3,(H,36,42)(H,38,43)(H,45,46)/t23-,25+,27+,28+,29+,30-/m0/s1. The normalized spacial score (nSPS) is 18.6. The van der Waals surface area contributed by atoms with Crippen LogP contribution < -0.4 is 10.6 Å². The van der Waals surface area contributed by atoms with Gasteiger partial charge in [0.05, 0.1) is 12.0 Å². The Balaban J connectivity index is 1.68. The highest BCUT2D eigenvalue weighted by Gasteiger charge is 2.36. The monoisotopic (exact) mass is 671 g/mol. The molecular formula is C35H53N5O6S. The van der Waals surface area contributed by atoms with Crippen LogP contribution in [-0.4, -0.2) is 93.5 Å². The number of benzene rings is 1. The summed E-state index contributed by atoms with van der Waals surface area (Å²) in [5.41, 5.74) is 1.12. The van der Waals surface area contributed by atoms with Gasteiger partial charge in [0.2, 0.25) is 11.8 Å². The number of aliphatic carboxylic acids is 1. The van der Waals surface area contributed by atoms with Crippen molar-refractivity contribution in [3.05, 3.63) is 52.0 Å². The Morgan fingerprint density at radius 3 is 2.30 bits per heavy atom. The minimum atomic E-state index is -1.03. The lowest BCUT2D eigenvalue weighted by Crippen LogP contribution is -2.57. The average Bonchev–Trinajstić information content (AvgIpc) is 3.53. The molecule has 0 bridgehead atoms. The van der Waals surface area contributed by atoms with Gasteiger partial charge in [0.15, 0.2) is 0 Å². The molecule has 2 aromatic rings. The Morgan fingerprint density at radius 2 is 1.70 bits per heavy atom. The molecule has 2 heterocycles. The van der Waals surface area contributed by atoms with E-state index >= 15 is 0 Å². The molecule has 0 radical (unpaired) electrons. The molecule has 0 spiro atoms. The van der Waals surface area contributed by atoms with Crippen molar-refractivity contribution in [2.75, 3.05) is 20.6 Å². The zero-order valence-corrected chi connectivity index (χ0v) is 29.6. The molecule has 260 valence electrons. The van der Waals surface area contributed by atoms with Gasteiger partial charge in [-0.25, -0.2) is 4.98 Å². The summed E-state index contributed by atoms with van der Waals surface area (Å²) in [5, 5.41) is 28.6. The van der Waals surface area contributed by atoms with Crippen LogP contribution in [-0.2, 0) is 20.8 Å². The first-order valence-electron chi connectivity index (χ1n) is 16.7. The molecule has 3 amide bonds. The number of aliphatic hydroxyl groups excluding tert-OH is 1. The summed E-state index contributed by atoms with van der Waals surface area (Å²) in [6, 6.07) is 7.81. The number of rotatable bonds is 16. The lowest BCUT2D eigenvalue weighted by Gasteiger charge is -2.37. The van der Waals surface area contributed by atoms with Crippen molar-refractivity contribution in [1.29, 1.82) is 0 Å². The molecule has 1 saturated heterocycles. The van der Waals surface area contributed by atoms with Crippen molar-refractivity contribution in [3.63, 3.8) is 0 Å². The van der Waals surface area contributed by atoms with Crippen molar-refractivity contribution < 1.29 is 29.4 Å². The smallest absolute Gasteiger partial charge is 0.306 e. The molecule has 0 saturated carbocycles. The van der Waals surface area contributed by atoms with Gasteiger partial charge in [-0.05, 0) is 56.7 Å². The SMILES string of the molecule is CC(C)[C@H](NC(=O)[C@H]1CCCCN1C)C(=O)N(C)[C@H](C[C@@H](O)c1nc(C(=O)N[C@@H](Cc2ccccc2)C[C@H](C)C(=O)O)cs1)C(C)C. The first-order valence-corrected chi connectivity index (χ1v) is 17.6.